The number of nitrogens with one attached hydrogen (secondary N) is 2. The molecule has 1 heterocycles. The highest BCUT2D eigenvalue weighted by Gasteiger charge is 2.33. The summed E-state index contributed by atoms with van der Waals surface area (Å²) < 4.78 is 49.6. The van der Waals surface area contributed by atoms with E-state index >= 15 is 0 Å². The second-order valence-corrected chi connectivity index (χ2v) is 6.46. The van der Waals surface area contributed by atoms with E-state index in [9.17, 15) is 22.2 Å². The smallest absolute Gasteiger partial charge is 0.335 e. The molecule has 116 valence electrons. The van der Waals surface area contributed by atoms with Crippen LogP contribution in [0, 0.1) is 0 Å². The lowest BCUT2D eigenvalue weighted by atomic mass is 10.1. The zero-order chi connectivity index (χ0) is 15.5. The van der Waals surface area contributed by atoms with Gasteiger partial charge in [-0.15, -0.1) is 0 Å². The number of urea groups is 1. The molecule has 0 radical (unpaired) electrons. The maximum atomic E-state index is 12.8. The number of anilines is 1. The van der Waals surface area contributed by atoms with Gasteiger partial charge in [0.2, 0.25) is 0 Å². The van der Waals surface area contributed by atoms with E-state index in [1.807, 2.05) is 0 Å². The summed E-state index contributed by atoms with van der Waals surface area (Å²) in [5, 5.41) is 4.84. The SMILES string of the molecule is O=C(Nc1ccccc1C(F)(F)F)NC1CCS(=O)CC1. The first-order valence-electron chi connectivity index (χ1n) is 6.45. The minimum absolute atomic E-state index is 0.152. The number of hydrogen-bond acceptors (Lipinski definition) is 2. The maximum Gasteiger partial charge on any atom is 0.418 e. The van der Waals surface area contributed by atoms with E-state index < -0.39 is 28.6 Å². The molecule has 1 fully saturated rings. The Hall–Kier alpha value is -1.57. The van der Waals surface area contributed by atoms with Crippen molar-refractivity contribution < 1.29 is 22.2 Å². The van der Waals surface area contributed by atoms with Crippen LogP contribution in [-0.2, 0) is 17.0 Å². The number of alkyl halides is 3. The molecule has 4 nitrogen and oxygen atoms in total. The Kier molecular flexibility index (Phi) is 4.87. The molecule has 21 heavy (non-hydrogen) atoms. The van der Waals surface area contributed by atoms with E-state index in [4.69, 9.17) is 0 Å². The molecule has 8 heteroatoms. The van der Waals surface area contributed by atoms with Crippen molar-refractivity contribution in [2.45, 2.75) is 25.1 Å². The number of amides is 2. The van der Waals surface area contributed by atoms with E-state index in [2.05, 4.69) is 10.6 Å². The lowest BCUT2D eigenvalue weighted by Crippen LogP contribution is -2.42. The molecule has 1 aliphatic heterocycles. The molecule has 0 saturated carbocycles. The lowest BCUT2D eigenvalue weighted by molar-refractivity contribution is -0.136. The van der Waals surface area contributed by atoms with Crippen molar-refractivity contribution in [1.82, 2.24) is 5.32 Å². The first-order chi connectivity index (χ1) is 9.86. The second-order valence-electron chi connectivity index (χ2n) is 4.76. The van der Waals surface area contributed by atoms with Crippen LogP contribution in [-0.4, -0.2) is 27.8 Å². The van der Waals surface area contributed by atoms with E-state index in [-0.39, 0.29) is 11.7 Å². The number of hydrogen-bond donors (Lipinski definition) is 2. The van der Waals surface area contributed by atoms with E-state index in [1.165, 1.54) is 18.2 Å². The average Bonchev–Trinajstić information content (AvgIpc) is 2.41. The van der Waals surface area contributed by atoms with Gasteiger partial charge in [0.15, 0.2) is 0 Å². The Morgan fingerprint density at radius 3 is 2.43 bits per heavy atom. The lowest BCUT2D eigenvalue weighted by Gasteiger charge is -2.23. The Morgan fingerprint density at radius 1 is 1.19 bits per heavy atom. The summed E-state index contributed by atoms with van der Waals surface area (Å²) >= 11 is 0. The molecule has 2 N–H and O–H groups in total. The summed E-state index contributed by atoms with van der Waals surface area (Å²) in [6, 6.07) is 3.99. The zero-order valence-electron chi connectivity index (χ0n) is 11.1. The van der Waals surface area contributed by atoms with Crippen LogP contribution in [0.3, 0.4) is 0 Å². The van der Waals surface area contributed by atoms with Crippen LogP contribution in [0.25, 0.3) is 0 Å². The van der Waals surface area contributed by atoms with Gasteiger partial charge in [-0.2, -0.15) is 13.2 Å². The fourth-order valence-corrected chi connectivity index (χ4v) is 3.42. The van der Waals surface area contributed by atoms with Gasteiger partial charge in [-0.25, -0.2) is 4.79 Å². The largest absolute Gasteiger partial charge is 0.418 e. The summed E-state index contributed by atoms with van der Waals surface area (Å²) in [5.74, 6) is 1.01. The quantitative estimate of drug-likeness (QED) is 0.880. The standard InChI is InChI=1S/C13H15F3N2O2S/c14-13(15,16)10-3-1-2-4-11(10)18-12(19)17-9-5-7-21(20)8-6-9/h1-4,9H,5-8H2,(H2,17,18,19). The van der Waals surface area contributed by atoms with Crippen LogP contribution in [0.5, 0.6) is 0 Å². The molecule has 2 amide bonds. The number of benzene rings is 1. The minimum Gasteiger partial charge on any atom is -0.335 e. The molecule has 1 aliphatic rings. The van der Waals surface area contributed by atoms with Gasteiger partial charge >= 0.3 is 12.2 Å². The van der Waals surface area contributed by atoms with Gasteiger partial charge in [-0.05, 0) is 25.0 Å². The van der Waals surface area contributed by atoms with Crippen molar-refractivity contribution in [3.63, 3.8) is 0 Å². The minimum atomic E-state index is -4.52. The van der Waals surface area contributed by atoms with Crippen molar-refractivity contribution in [2.75, 3.05) is 16.8 Å². The predicted octanol–water partition coefficient (Wildman–Crippen LogP) is 2.74. The molecule has 0 unspecified atom stereocenters. The van der Waals surface area contributed by atoms with Crippen LogP contribution in [0.2, 0.25) is 0 Å². The molecule has 0 aliphatic carbocycles. The summed E-state index contributed by atoms with van der Waals surface area (Å²) in [7, 11) is -0.850. The molecule has 1 aromatic carbocycles. The molecule has 0 atom stereocenters. The van der Waals surface area contributed by atoms with Gasteiger partial charge in [0, 0.05) is 28.3 Å². The maximum absolute atomic E-state index is 12.8. The Balaban J connectivity index is 1.98. The molecular weight excluding hydrogens is 305 g/mol. The third kappa shape index (κ3) is 4.45. The zero-order valence-corrected chi connectivity index (χ0v) is 11.9. The molecule has 0 spiro atoms. The van der Waals surface area contributed by atoms with Crippen LogP contribution in [0.15, 0.2) is 24.3 Å². The van der Waals surface area contributed by atoms with Gasteiger partial charge in [-0.3, -0.25) is 4.21 Å². The third-order valence-electron chi connectivity index (χ3n) is 3.20. The van der Waals surface area contributed by atoms with Crippen LogP contribution < -0.4 is 10.6 Å². The highest BCUT2D eigenvalue weighted by Crippen LogP contribution is 2.34. The van der Waals surface area contributed by atoms with Crippen molar-refractivity contribution in [3.8, 4) is 0 Å². The molecule has 0 bridgehead atoms. The molecule has 1 saturated heterocycles. The average molecular weight is 320 g/mol. The fourth-order valence-electron chi connectivity index (χ4n) is 2.12. The highest BCUT2D eigenvalue weighted by molar-refractivity contribution is 7.85. The van der Waals surface area contributed by atoms with Gasteiger partial charge in [0.1, 0.15) is 0 Å². The van der Waals surface area contributed by atoms with Crippen LogP contribution in [0.4, 0.5) is 23.7 Å². The number of carbonyl (C=O) groups is 1. The highest BCUT2D eigenvalue weighted by atomic mass is 32.2. The van der Waals surface area contributed by atoms with Crippen molar-refractivity contribution in [1.29, 1.82) is 0 Å². The predicted molar refractivity (Wildman–Crippen MR) is 74.5 cm³/mol. The third-order valence-corrected chi connectivity index (χ3v) is 4.59. The van der Waals surface area contributed by atoms with Crippen LogP contribution in [0.1, 0.15) is 18.4 Å². The van der Waals surface area contributed by atoms with Gasteiger partial charge in [0.25, 0.3) is 0 Å². The normalized spacial score (nSPS) is 22.6. The van der Waals surface area contributed by atoms with Gasteiger partial charge < -0.3 is 10.6 Å². The summed E-state index contributed by atoms with van der Waals surface area (Å²) in [6.45, 7) is 0. The van der Waals surface area contributed by atoms with E-state index in [0.717, 1.165) is 6.07 Å². The first kappa shape index (κ1) is 15.8. The molecule has 1 aromatic rings. The Bertz CT molecular complexity index is 538. The first-order valence-corrected chi connectivity index (χ1v) is 7.94. The summed E-state index contributed by atoms with van der Waals surface area (Å²) in [5.41, 5.74) is -1.16. The number of rotatable bonds is 2. The van der Waals surface area contributed by atoms with Crippen molar-refractivity contribution in [2.24, 2.45) is 0 Å². The number of para-hydroxylation sites is 1. The summed E-state index contributed by atoms with van der Waals surface area (Å²) in [6.07, 6.45) is -3.38. The number of halogens is 3. The fraction of sp³-hybridized carbons (Fsp3) is 0.462. The van der Waals surface area contributed by atoms with Crippen LogP contribution >= 0.6 is 0 Å². The summed E-state index contributed by atoms with van der Waals surface area (Å²) in [4.78, 5) is 11.8. The van der Waals surface area contributed by atoms with Gasteiger partial charge in [-0.1, -0.05) is 12.1 Å². The molecule has 0 aromatic heterocycles. The van der Waals surface area contributed by atoms with Gasteiger partial charge in [0.05, 0.1) is 11.3 Å². The van der Waals surface area contributed by atoms with E-state index in [1.54, 1.807) is 0 Å². The topological polar surface area (TPSA) is 58.2 Å². The Labute approximate surface area is 122 Å². The molecule has 2 rings (SSSR count). The Morgan fingerprint density at radius 2 is 1.81 bits per heavy atom. The van der Waals surface area contributed by atoms with Crippen molar-refractivity contribution in [3.05, 3.63) is 29.8 Å². The molecular formula is C13H15F3N2O2S. The monoisotopic (exact) mass is 320 g/mol. The second kappa shape index (κ2) is 6.46. The van der Waals surface area contributed by atoms with Crippen molar-refractivity contribution >= 4 is 22.5 Å². The van der Waals surface area contributed by atoms with E-state index in [0.29, 0.717) is 24.3 Å². The number of carbonyl (C=O) groups excluding carboxylic acids is 1.